The van der Waals surface area contributed by atoms with E-state index in [0.29, 0.717) is 0 Å². The third-order valence-corrected chi connectivity index (χ3v) is 8.18. The summed E-state index contributed by atoms with van der Waals surface area (Å²) in [5.74, 6) is 2.86. The molecule has 0 bridgehead atoms. The van der Waals surface area contributed by atoms with Crippen LogP contribution in [0.25, 0.3) is 0 Å². The summed E-state index contributed by atoms with van der Waals surface area (Å²) in [5.41, 5.74) is 2.90. The van der Waals surface area contributed by atoms with E-state index in [-0.39, 0.29) is 5.82 Å². The van der Waals surface area contributed by atoms with Crippen molar-refractivity contribution in [1.82, 2.24) is 0 Å². The first kappa shape index (κ1) is 24.5. The average Bonchev–Trinajstić information content (AvgIpc) is 2.81. The van der Waals surface area contributed by atoms with Crippen LogP contribution < -0.4 is 0 Å². The Morgan fingerprint density at radius 1 is 0.710 bits per heavy atom. The molecule has 3 rings (SSSR count). The molecule has 1 heteroatoms. The van der Waals surface area contributed by atoms with Crippen molar-refractivity contribution in [3.05, 3.63) is 47.3 Å². The van der Waals surface area contributed by atoms with Gasteiger partial charge in [0.2, 0.25) is 0 Å². The molecule has 1 fully saturated rings. The first-order valence-corrected chi connectivity index (χ1v) is 13.6. The molecule has 0 amide bonds. The van der Waals surface area contributed by atoms with E-state index in [1.165, 1.54) is 108 Å². The number of unbranched alkanes of at least 4 members (excludes halogenated alkanes) is 5. The van der Waals surface area contributed by atoms with Crippen molar-refractivity contribution in [3.8, 4) is 0 Å². The quantitative estimate of drug-likeness (QED) is 0.217. The molecule has 1 saturated carbocycles. The minimum Gasteiger partial charge on any atom is -0.207 e. The van der Waals surface area contributed by atoms with Crippen LogP contribution in [0, 0.1) is 23.6 Å². The maximum absolute atomic E-state index is 13.0. The zero-order valence-electron chi connectivity index (χ0n) is 20.2. The van der Waals surface area contributed by atoms with Crippen molar-refractivity contribution < 1.29 is 4.39 Å². The van der Waals surface area contributed by atoms with Gasteiger partial charge in [-0.15, -0.1) is 0 Å². The number of hydrogen-bond acceptors (Lipinski definition) is 0. The van der Waals surface area contributed by atoms with Gasteiger partial charge in [-0.3, -0.25) is 0 Å². The second-order valence-electron chi connectivity index (χ2n) is 10.6. The highest BCUT2D eigenvalue weighted by atomic mass is 19.1. The van der Waals surface area contributed by atoms with Gasteiger partial charge >= 0.3 is 0 Å². The van der Waals surface area contributed by atoms with Crippen LogP contribution in [0.3, 0.4) is 0 Å². The molecule has 1 aromatic rings. The molecule has 0 spiro atoms. The van der Waals surface area contributed by atoms with Crippen LogP contribution in [-0.4, -0.2) is 0 Å². The Hall–Kier alpha value is -1.11. The van der Waals surface area contributed by atoms with Crippen molar-refractivity contribution in [3.63, 3.8) is 0 Å². The number of benzene rings is 1. The Balaban J connectivity index is 1.23. The summed E-state index contributed by atoms with van der Waals surface area (Å²) in [6.07, 6.45) is 27.9. The molecule has 1 atom stereocenters. The molecule has 0 radical (unpaired) electrons. The lowest BCUT2D eigenvalue weighted by Gasteiger charge is -2.30. The SMILES string of the molecule is CCCCCCCC[C@H]1CC[C@H](CCC2CC=C(CCc3ccc(F)cc3)CC2)CC1. The summed E-state index contributed by atoms with van der Waals surface area (Å²) in [6.45, 7) is 2.30. The smallest absolute Gasteiger partial charge is 0.123 e. The van der Waals surface area contributed by atoms with Crippen LogP contribution in [-0.2, 0) is 6.42 Å². The fourth-order valence-electron chi connectivity index (χ4n) is 5.88. The maximum Gasteiger partial charge on any atom is 0.123 e. The van der Waals surface area contributed by atoms with Gasteiger partial charge in [-0.1, -0.05) is 108 Å². The molecule has 0 nitrogen and oxygen atoms in total. The third kappa shape index (κ3) is 9.50. The molecule has 0 heterocycles. The molecule has 31 heavy (non-hydrogen) atoms. The van der Waals surface area contributed by atoms with Crippen LogP contribution >= 0.6 is 0 Å². The van der Waals surface area contributed by atoms with E-state index >= 15 is 0 Å². The van der Waals surface area contributed by atoms with Crippen molar-refractivity contribution in [1.29, 1.82) is 0 Å². The first-order chi connectivity index (χ1) is 15.2. The lowest BCUT2D eigenvalue weighted by atomic mass is 9.76. The summed E-state index contributed by atoms with van der Waals surface area (Å²) >= 11 is 0. The number of halogens is 1. The largest absolute Gasteiger partial charge is 0.207 e. The average molecular weight is 427 g/mol. The first-order valence-electron chi connectivity index (χ1n) is 13.6. The number of hydrogen-bond donors (Lipinski definition) is 0. The second kappa shape index (κ2) is 14.1. The summed E-state index contributed by atoms with van der Waals surface area (Å²) in [6, 6.07) is 7.04. The highest BCUT2D eigenvalue weighted by Gasteiger charge is 2.22. The summed E-state index contributed by atoms with van der Waals surface area (Å²) in [4.78, 5) is 0. The van der Waals surface area contributed by atoms with E-state index < -0.39 is 0 Å². The van der Waals surface area contributed by atoms with Gasteiger partial charge in [-0.25, -0.2) is 4.39 Å². The van der Waals surface area contributed by atoms with Gasteiger partial charge in [-0.05, 0) is 74.0 Å². The molecular formula is C30H47F. The number of allylic oxidation sites excluding steroid dienone is 2. The van der Waals surface area contributed by atoms with Gasteiger partial charge in [-0.2, -0.15) is 0 Å². The Morgan fingerprint density at radius 2 is 1.35 bits per heavy atom. The molecule has 0 saturated heterocycles. The molecule has 1 aromatic carbocycles. The van der Waals surface area contributed by atoms with Gasteiger partial charge in [0, 0.05) is 0 Å². The molecule has 0 aliphatic heterocycles. The van der Waals surface area contributed by atoms with E-state index in [2.05, 4.69) is 13.0 Å². The second-order valence-corrected chi connectivity index (χ2v) is 10.6. The number of rotatable bonds is 13. The third-order valence-electron chi connectivity index (χ3n) is 8.18. The molecule has 2 aliphatic carbocycles. The van der Waals surface area contributed by atoms with Crippen molar-refractivity contribution in [2.24, 2.45) is 17.8 Å². The molecular weight excluding hydrogens is 379 g/mol. The lowest BCUT2D eigenvalue weighted by molar-refractivity contribution is 0.234. The van der Waals surface area contributed by atoms with E-state index in [4.69, 9.17) is 0 Å². The fraction of sp³-hybridized carbons (Fsp3) is 0.733. The fourth-order valence-corrected chi connectivity index (χ4v) is 5.88. The Labute approximate surface area is 192 Å². The van der Waals surface area contributed by atoms with E-state index in [9.17, 15) is 4.39 Å². The minimum atomic E-state index is -0.130. The minimum absolute atomic E-state index is 0.130. The van der Waals surface area contributed by atoms with Crippen molar-refractivity contribution in [2.75, 3.05) is 0 Å². The van der Waals surface area contributed by atoms with E-state index in [1.54, 1.807) is 17.7 Å². The molecule has 174 valence electrons. The van der Waals surface area contributed by atoms with Gasteiger partial charge in [0.25, 0.3) is 0 Å². The van der Waals surface area contributed by atoms with Gasteiger partial charge < -0.3 is 0 Å². The normalized spacial score (nSPS) is 24.2. The van der Waals surface area contributed by atoms with E-state index in [1.807, 2.05) is 12.1 Å². The predicted octanol–water partition coefficient (Wildman–Crippen LogP) is 9.82. The number of aryl methyl sites for hydroxylation is 1. The Kier molecular flexibility index (Phi) is 11.2. The van der Waals surface area contributed by atoms with Crippen molar-refractivity contribution >= 4 is 0 Å². The predicted molar refractivity (Wildman–Crippen MR) is 133 cm³/mol. The standard InChI is InChI=1S/C30H47F/c1-2-3-4-5-6-7-8-25-9-11-26(12-10-25)13-14-27-15-17-28(18-16-27)19-20-29-21-23-30(31)24-22-29/h17,21-27H,2-16,18-20H2,1H3/t25-,26-,27?. The topological polar surface area (TPSA) is 0 Å². The molecule has 2 aliphatic rings. The summed E-state index contributed by atoms with van der Waals surface area (Å²) in [7, 11) is 0. The lowest BCUT2D eigenvalue weighted by Crippen LogP contribution is -2.16. The monoisotopic (exact) mass is 426 g/mol. The molecule has 0 N–H and O–H groups in total. The maximum atomic E-state index is 13.0. The zero-order chi connectivity index (χ0) is 21.7. The summed E-state index contributed by atoms with van der Waals surface area (Å²) in [5, 5.41) is 0. The van der Waals surface area contributed by atoms with Gasteiger partial charge in [0.05, 0.1) is 0 Å². The van der Waals surface area contributed by atoms with Crippen molar-refractivity contribution in [2.45, 2.75) is 122 Å². The summed E-state index contributed by atoms with van der Waals surface area (Å²) < 4.78 is 13.0. The van der Waals surface area contributed by atoms with Gasteiger partial charge in [0.15, 0.2) is 0 Å². The van der Waals surface area contributed by atoms with Crippen LogP contribution in [0.1, 0.15) is 122 Å². The zero-order valence-corrected chi connectivity index (χ0v) is 20.2. The van der Waals surface area contributed by atoms with Crippen LogP contribution in [0.2, 0.25) is 0 Å². The molecule has 0 aromatic heterocycles. The Bertz CT molecular complexity index is 620. The van der Waals surface area contributed by atoms with Crippen LogP contribution in [0.15, 0.2) is 35.9 Å². The van der Waals surface area contributed by atoms with E-state index in [0.717, 1.165) is 30.6 Å². The van der Waals surface area contributed by atoms with Crippen LogP contribution in [0.4, 0.5) is 4.39 Å². The Morgan fingerprint density at radius 3 is 2.03 bits per heavy atom. The highest BCUT2D eigenvalue weighted by molar-refractivity contribution is 5.18. The molecule has 1 unspecified atom stereocenters. The van der Waals surface area contributed by atoms with Crippen LogP contribution in [0.5, 0.6) is 0 Å². The van der Waals surface area contributed by atoms with Gasteiger partial charge in [0.1, 0.15) is 5.82 Å². The highest BCUT2D eigenvalue weighted by Crippen LogP contribution is 2.37.